The second-order valence-electron chi connectivity index (χ2n) is 5.79. The summed E-state index contributed by atoms with van der Waals surface area (Å²) in [5.74, 6) is 1.74. The van der Waals surface area contributed by atoms with E-state index in [0.717, 1.165) is 24.5 Å². The molecule has 2 aliphatic heterocycles. The first-order valence-electron chi connectivity index (χ1n) is 7.67. The third kappa shape index (κ3) is 2.46. The molecule has 1 aromatic heterocycles. The number of nitrogens with one attached hydrogen (secondary N) is 1. The molecule has 0 radical (unpaired) electrons. The molecule has 0 saturated carbocycles. The molecule has 5 nitrogen and oxygen atoms in total. The van der Waals surface area contributed by atoms with Gasteiger partial charge in [-0.25, -0.2) is 9.97 Å². The normalized spacial score (nSPS) is 26.8. The van der Waals surface area contributed by atoms with Gasteiger partial charge in [-0.15, -0.1) is 0 Å². The van der Waals surface area contributed by atoms with Gasteiger partial charge in [0.15, 0.2) is 0 Å². The smallest absolute Gasteiger partial charge is 0.221 e. The summed E-state index contributed by atoms with van der Waals surface area (Å²) in [7, 11) is 1.67. The van der Waals surface area contributed by atoms with Crippen LogP contribution >= 0.6 is 0 Å². The van der Waals surface area contributed by atoms with Crippen LogP contribution in [0.5, 0.6) is 5.88 Å². The van der Waals surface area contributed by atoms with Gasteiger partial charge in [-0.05, 0) is 45.6 Å². The van der Waals surface area contributed by atoms with Crippen molar-refractivity contribution >= 4 is 5.82 Å². The van der Waals surface area contributed by atoms with Crippen molar-refractivity contribution in [3.05, 3.63) is 11.9 Å². The van der Waals surface area contributed by atoms with Gasteiger partial charge < -0.3 is 15.0 Å². The van der Waals surface area contributed by atoms with Crippen LogP contribution in [0.1, 0.15) is 37.7 Å². The van der Waals surface area contributed by atoms with Gasteiger partial charge in [0, 0.05) is 18.6 Å². The zero-order valence-electron chi connectivity index (χ0n) is 12.4. The first kappa shape index (κ1) is 13.6. The zero-order chi connectivity index (χ0) is 13.9. The van der Waals surface area contributed by atoms with Crippen molar-refractivity contribution in [1.29, 1.82) is 0 Å². The molecule has 0 amide bonds. The van der Waals surface area contributed by atoms with E-state index in [2.05, 4.69) is 27.1 Å². The molecule has 2 fully saturated rings. The SMILES string of the molecule is COc1ncnc(N2CCCCC2C2CCCN2)c1C. The number of rotatable bonds is 3. The predicted octanol–water partition coefficient (Wildman–Crippen LogP) is 1.90. The average Bonchev–Trinajstić information content (AvgIpc) is 3.02. The highest BCUT2D eigenvalue weighted by atomic mass is 16.5. The van der Waals surface area contributed by atoms with Crippen molar-refractivity contribution < 1.29 is 4.74 Å². The van der Waals surface area contributed by atoms with Gasteiger partial charge in [0.2, 0.25) is 5.88 Å². The van der Waals surface area contributed by atoms with Gasteiger partial charge in [0.05, 0.1) is 12.7 Å². The van der Waals surface area contributed by atoms with Crippen LogP contribution in [-0.4, -0.2) is 42.3 Å². The molecule has 0 aromatic carbocycles. The summed E-state index contributed by atoms with van der Waals surface area (Å²) in [6.45, 7) is 4.30. The predicted molar refractivity (Wildman–Crippen MR) is 79.3 cm³/mol. The molecule has 1 aromatic rings. The monoisotopic (exact) mass is 276 g/mol. The second kappa shape index (κ2) is 5.95. The highest BCUT2D eigenvalue weighted by molar-refractivity contribution is 5.51. The minimum Gasteiger partial charge on any atom is -0.481 e. The van der Waals surface area contributed by atoms with Crippen molar-refractivity contribution in [3.63, 3.8) is 0 Å². The molecule has 5 heteroatoms. The maximum Gasteiger partial charge on any atom is 0.221 e. The highest BCUT2D eigenvalue weighted by Crippen LogP contribution is 2.32. The second-order valence-corrected chi connectivity index (χ2v) is 5.79. The van der Waals surface area contributed by atoms with Crippen molar-refractivity contribution in [2.45, 2.75) is 51.1 Å². The molecule has 1 N–H and O–H groups in total. The van der Waals surface area contributed by atoms with Crippen LogP contribution in [-0.2, 0) is 0 Å². The summed E-state index contributed by atoms with van der Waals surface area (Å²) in [5, 5.41) is 3.66. The Morgan fingerprint density at radius 2 is 2.15 bits per heavy atom. The maximum atomic E-state index is 5.34. The minimum absolute atomic E-state index is 0.560. The number of ether oxygens (including phenoxy) is 1. The van der Waals surface area contributed by atoms with Crippen LogP contribution in [0.3, 0.4) is 0 Å². The summed E-state index contributed by atoms with van der Waals surface area (Å²) < 4.78 is 5.34. The van der Waals surface area contributed by atoms with Crippen LogP contribution in [0.4, 0.5) is 5.82 Å². The van der Waals surface area contributed by atoms with Gasteiger partial charge in [-0.1, -0.05) is 0 Å². The lowest BCUT2D eigenvalue weighted by Crippen LogP contribution is -2.51. The fourth-order valence-corrected chi connectivity index (χ4v) is 3.60. The van der Waals surface area contributed by atoms with E-state index < -0.39 is 0 Å². The van der Waals surface area contributed by atoms with Crippen molar-refractivity contribution in [1.82, 2.24) is 15.3 Å². The van der Waals surface area contributed by atoms with Crippen LogP contribution in [0.15, 0.2) is 6.33 Å². The van der Waals surface area contributed by atoms with E-state index in [1.807, 2.05) is 0 Å². The number of nitrogens with zero attached hydrogens (tertiary/aromatic N) is 3. The Morgan fingerprint density at radius 3 is 2.90 bits per heavy atom. The van der Waals surface area contributed by atoms with Gasteiger partial charge in [0.1, 0.15) is 12.1 Å². The fraction of sp³-hybridized carbons (Fsp3) is 0.733. The van der Waals surface area contributed by atoms with Crippen molar-refractivity contribution in [2.75, 3.05) is 25.1 Å². The van der Waals surface area contributed by atoms with Crippen LogP contribution < -0.4 is 15.0 Å². The summed E-state index contributed by atoms with van der Waals surface area (Å²) in [4.78, 5) is 11.2. The summed E-state index contributed by atoms with van der Waals surface area (Å²) in [6.07, 6.45) is 8.01. The molecule has 2 atom stereocenters. The molecular weight excluding hydrogens is 252 g/mol. The molecule has 2 aliphatic rings. The lowest BCUT2D eigenvalue weighted by molar-refractivity contribution is 0.371. The first-order chi connectivity index (χ1) is 9.81. The lowest BCUT2D eigenvalue weighted by atomic mass is 9.94. The number of methoxy groups -OCH3 is 1. The molecule has 20 heavy (non-hydrogen) atoms. The van der Waals surface area contributed by atoms with Crippen LogP contribution in [0.25, 0.3) is 0 Å². The maximum absolute atomic E-state index is 5.34. The highest BCUT2D eigenvalue weighted by Gasteiger charge is 2.33. The van der Waals surface area contributed by atoms with E-state index in [9.17, 15) is 0 Å². The lowest BCUT2D eigenvalue weighted by Gasteiger charge is -2.40. The van der Waals surface area contributed by atoms with Gasteiger partial charge >= 0.3 is 0 Å². The van der Waals surface area contributed by atoms with Gasteiger partial charge in [-0.3, -0.25) is 0 Å². The largest absolute Gasteiger partial charge is 0.481 e. The van der Waals surface area contributed by atoms with E-state index in [-0.39, 0.29) is 0 Å². The molecular formula is C15H24N4O. The summed E-state index contributed by atoms with van der Waals surface area (Å²) in [6, 6.07) is 1.17. The number of piperidine rings is 1. The molecule has 3 rings (SSSR count). The van der Waals surface area contributed by atoms with E-state index in [1.165, 1.54) is 32.1 Å². The molecule has 0 spiro atoms. The summed E-state index contributed by atoms with van der Waals surface area (Å²) in [5.41, 5.74) is 1.06. The number of hydrogen-bond donors (Lipinski definition) is 1. The van der Waals surface area contributed by atoms with Crippen molar-refractivity contribution in [3.8, 4) is 5.88 Å². The van der Waals surface area contributed by atoms with E-state index >= 15 is 0 Å². The van der Waals surface area contributed by atoms with Crippen LogP contribution in [0.2, 0.25) is 0 Å². The van der Waals surface area contributed by atoms with Gasteiger partial charge in [0.25, 0.3) is 0 Å². The Balaban J connectivity index is 1.89. The topological polar surface area (TPSA) is 50.3 Å². The quantitative estimate of drug-likeness (QED) is 0.914. The van der Waals surface area contributed by atoms with E-state index in [4.69, 9.17) is 4.74 Å². The third-order valence-electron chi connectivity index (χ3n) is 4.59. The molecule has 2 unspecified atom stereocenters. The molecule has 0 aliphatic carbocycles. The van der Waals surface area contributed by atoms with E-state index in [1.54, 1.807) is 13.4 Å². The average molecular weight is 276 g/mol. The van der Waals surface area contributed by atoms with E-state index in [0.29, 0.717) is 18.0 Å². The molecule has 3 heterocycles. The molecule has 2 saturated heterocycles. The number of anilines is 1. The summed E-state index contributed by atoms with van der Waals surface area (Å²) >= 11 is 0. The third-order valence-corrected chi connectivity index (χ3v) is 4.59. The van der Waals surface area contributed by atoms with Gasteiger partial charge in [-0.2, -0.15) is 0 Å². The Kier molecular flexibility index (Phi) is 4.05. The standard InChI is InChI=1S/C15H24N4O/c1-11-14(17-10-18-15(11)20-2)19-9-4-3-7-13(19)12-6-5-8-16-12/h10,12-13,16H,3-9H2,1-2H3. The fourth-order valence-electron chi connectivity index (χ4n) is 3.60. The van der Waals surface area contributed by atoms with Crippen molar-refractivity contribution in [2.24, 2.45) is 0 Å². The zero-order valence-corrected chi connectivity index (χ0v) is 12.4. The first-order valence-corrected chi connectivity index (χ1v) is 7.67. The number of aromatic nitrogens is 2. The van der Waals surface area contributed by atoms with Crippen LogP contribution in [0, 0.1) is 6.92 Å². The molecule has 110 valence electrons. The molecule has 0 bridgehead atoms. The number of hydrogen-bond acceptors (Lipinski definition) is 5. The Labute approximate surface area is 120 Å². The Hall–Kier alpha value is -1.36. The Bertz CT molecular complexity index is 459. The Morgan fingerprint density at radius 1 is 1.25 bits per heavy atom. The minimum atomic E-state index is 0.560.